The number of pyridine rings is 1. The summed E-state index contributed by atoms with van der Waals surface area (Å²) >= 11 is 5.76. The summed E-state index contributed by atoms with van der Waals surface area (Å²) < 4.78 is 0. The molecule has 2 nitrogen and oxygen atoms in total. The standard InChI is InChI=1S/C15H14ClNO/c16-15-11-13(9-10-17-15)14(18)8-4-7-12-5-2-1-3-6-12/h1-3,5-6,9-11H,4,7-8H2. The van der Waals surface area contributed by atoms with Crippen molar-refractivity contribution < 1.29 is 4.79 Å². The quantitative estimate of drug-likeness (QED) is 0.601. The number of aromatic nitrogens is 1. The summed E-state index contributed by atoms with van der Waals surface area (Å²) in [6.45, 7) is 0. The summed E-state index contributed by atoms with van der Waals surface area (Å²) in [5.41, 5.74) is 1.90. The molecule has 0 bridgehead atoms. The topological polar surface area (TPSA) is 30.0 Å². The molecule has 18 heavy (non-hydrogen) atoms. The highest BCUT2D eigenvalue weighted by atomic mass is 35.5. The van der Waals surface area contributed by atoms with Crippen LogP contribution >= 0.6 is 11.6 Å². The first-order valence-corrected chi connectivity index (χ1v) is 6.32. The Morgan fingerprint density at radius 3 is 2.67 bits per heavy atom. The maximum absolute atomic E-state index is 11.9. The van der Waals surface area contributed by atoms with Gasteiger partial charge in [0, 0.05) is 18.2 Å². The smallest absolute Gasteiger partial charge is 0.163 e. The number of Topliss-reactive ketones (excluding diaryl/α,β-unsaturated/α-hetero) is 1. The van der Waals surface area contributed by atoms with Crippen molar-refractivity contribution in [2.24, 2.45) is 0 Å². The molecule has 0 fully saturated rings. The maximum Gasteiger partial charge on any atom is 0.163 e. The van der Waals surface area contributed by atoms with E-state index in [0.29, 0.717) is 17.1 Å². The molecule has 1 aromatic carbocycles. The first kappa shape index (κ1) is 12.8. The van der Waals surface area contributed by atoms with Crippen LogP contribution in [0, 0.1) is 0 Å². The molecule has 2 rings (SSSR count). The van der Waals surface area contributed by atoms with E-state index in [1.54, 1.807) is 18.3 Å². The number of nitrogens with zero attached hydrogens (tertiary/aromatic N) is 1. The highest BCUT2D eigenvalue weighted by Crippen LogP contribution is 2.12. The van der Waals surface area contributed by atoms with E-state index in [9.17, 15) is 4.79 Å². The van der Waals surface area contributed by atoms with Gasteiger partial charge in [0.15, 0.2) is 5.78 Å². The zero-order chi connectivity index (χ0) is 12.8. The number of aryl methyl sites for hydroxylation is 1. The molecule has 0 spiro atoms. The largest absolute Gasteiger partial charge is 0.294 e. The van der Waals surface area contributed by atoms with Gasteiger partial charge in [-0.05, 0) is 30.5 Å². The molecule has 0 aliphatic carbocycles. The fourth-order valence-electron chi connectivity index (χ4n) is 1.82. The predicted octanol–water partition coefficient (Wildman–Crippen LogP) is 3.94. The predicted molar refractivity (Wildman–Crippen MR) is 73.0 cm³/mol. The number of carbonyl (C=O) groups excluding carboxylic acids is 1. The van der Waals surface area contributed by atoms with Crippen molar-refractivity contribution in [1.29, 1.82) is 0 Å². The average molecular weight is 260 g/mol. The minimum Gasteiger partial charge on any atom is -0.294 e. The molecule has 1 aromatic heterocycles. The lowest BCUT2D eigenvalue weighted by atomic mass is 10.0. The second-order valence-corrected chi connectivity index (χ2v) is 4.52. The summed E-state index contributed by atoms with van der Waals surface area (Å²) in [6.07, 6.45) is 3.87. The van der Waals surface area contributed by atoms with Crippen molar-refractivity contribution in [3.8, 4) is 0 Å². The zero-order valence-corrected chi connectivity index (χ0v) is 10.7. The number of rotatable bonds is 5. The summed E-state index contributed by atoms with van der Waals surface area (Å²) in [5, 5.41) is 0.365. The molecule has 0 radical (unpaired) electrons. The molecule has 0 saturated heterocycles. The van der Waals surface area contributed by atoms with Gasteiger partial charge in [-0.2, -0.15) is 0 Å². The van der Waals surface area contributed by atoms with Crippen molar-refractivity contribution in [3.05, 3.63) is 64.9 Å². The number of ketones is 1. The first-order chi connectivity index (χ1) is 8.75. The van der Waals surface area contributed by atoms with E-state index in [0.717, 1.165) is 12.8 Å². The molecule has 0 saturated carbocycles. The summed E-state index contributed by atoms with van der Waals surface area (Å²) in [5.74, 6) is 0.121. The van der Waals surface area contributed by atoms with E-state index in [2.05, 4.69) is 17.1 Å². The van der Waals surface area contributed by atoms with Gasteiger partial charge in [0.05, 0.1) is 0 Å². The summed E-state index contributed by atoms with van der Waals surface area (Å²) in [6, 6.07) is 13.5. The Kier molecular flexibility index (Phi) is 4.48. The Balaban J connectivity index is 1.86. The zero-order valence-electron chi connectivity index (χ0n) is 9.97. The van der Waals surface area contributed by atoms with E-state index in [4.69, 9.17) is 11.6 Å². The molecule has 0 N–H and O–H groups in total. The van der Waals surface area contributed by atoms with Crippen molar-refractivity contribution in [2.75, 3.05) is 0 Å². The molecule has 3 heteroatoms. The van der Waals surface area contributed by atoms with Crippen molar-refractivity contribution in [2.45, 2.75) is 19.3 Å². The minimum absolute atomic E-state index is 0.121. The van der Waals surface area contributed by atoms with Gasteiger partial charge >= 0.3 is 0 Å². The third kappa shape index (κ3) is 3.67. The van der Waals surface area contributed by atoms with Crippen LogP contribution in [0.5, 0.6) is 0 Å². The van der Waals surface area contributed by atoms with Crippen molar-refractivity contribution >= 4 is 17.4 Å². The van der Waals surface area contributed by atoms with Crippen LogP contribution in [0.15, 0.2) is 48.7 Å². The van der Waals surface area contributed by atoms with E-state index in [1.807, 2.05) is 18.2 Å². The molecule has 0 unspecified atom stereocenters. The van der Waals surface area contributed by atoms with Crippen molar-refractivity contribution in [3.63, 3.8) is 0 Å². The number of carbonyl (C=O) groups is 1. The van der Waals surface area contributed by atoms with E-state index in [1.165, 1.54) is 5.56 Å². The molecular weight excluding hydrogens is 246 g/mol. The normalized spacial score (nSPS) is 10.3. The van der Waals surface area contributed by atoms with Gasteiger partial charge in [0.1, 0.15) is 5.15 Å². The molecule has 1 heterocycles. The third-order valence-corrected chi connectivity index (χ3v) is 2.97. The Bertz CT molecular complexity index is 525. The van der Waals surface area contributed by atoms with Gasteiger partial charge < -0.3 is 0 Å². The average Bonchev–Trinajstić information content (AvgIpc) is 2.40. The minimum atomic E-state index is 0.121. The molecule has 0 aliphatic rings. The van der Waals surface area contributed by atoms with Crippen LogP contribution in [0.4, 0.5) is 0 Å². The van der Waals surface area contributed by atoms with Crippen LogP contribution in [0.1, 0.15) is 28.8 Å². The van der Waals surface area contributed by atoms with E-state index < -0.39 is 0 Å². The van der Waals surface area contributed by atoms with Crippen LogP contribution in [-0.2, 0) is 6.42 Å². The van der Waals surface area contributed by atoms with Gasteiger partial charge in [-0.25, -0.2) is 4.98 Å². The Labute approximate surface area is 112 Å². The van der Waals surface area contributed by atoms with Crippen LogP contribution in [0.3, 0.4) is 0 Å². The van der Waals surface area contributed by atoms with Crippen LogP contribution in [0.2, 0.25) is 5.15 Å². The van der Waals surface area contributed by atoms with Crippen molar-refractivity contribution in [1.82, 2.24) is 4.98 Å². The Hall–Kier alpha value is -1.67. The van der Waals surface area contributed by atoms with Gasteiger partial charge in [-0.3, -0.25) is 4.79 Å². The highest BCUT2D eigenvalue weighted by Gasteiger charge is 2.06. The first-order valence-electron chi connectivity index (χ1n) is 5.94. The second kappa shape index (κ2) is 6.31. The third-order valence-electron chi connectivity index (χ3n) is 2.76. The SMILES string of the molecule is O=C(CCCc1ccccc1)c1ccnc(Cl)c1. The van der Waals surface area contributed by atoms with Gasteiger partial charge in [-0.1, -0.05) is 41.9 Å². The van der Waals surface area contributed by atoms with Crippen LogP contribution < -0.4 is 0 Å². The van der Waals surface area contributed by atoms with Crippen LogP contribution in [0.25, 0.3) is 0 Å². The molecule has 0 amide bonds. The van der Waals surface area contributed by atoms with Gasteiger partial charge in [-0.15, -0.1) is 0 Å². The van der Waals surface area contributed by atoms with Crippen LogP contribution in [-0.4, -0.2) is 10.8 Å². The Morgan fingerprint density at radius 1 is 1.17 bits per heavy atom. The molecular formula is C15H14ClNO. The fraction of sp³-hybridized carbons (Fsp3) is 0.200. The van der Waals surface area contributed by atoms with Gasteiger partial charge in [0.2, 0.25) is 0 Å². The van der Waals surface area contributed by atoms with E-state index in [-0.39, 0.29) is 5.78 Å². The highest BCUT2D eigenvalue weighted by molar-refractivity contribution is 6.29. The lowest BCUT2D eigenvalue weighted by molar-refractivity contribution is 0.0980. The molecule has 0 atom stereocenters. The number of halogens is 1. The number of hydrogen-bond acceptors (Lipinski definition) is 2. The molecule has 92 valence electrons. The fourth-order valence-corrected chi connectivity index (χ4v) is 1.99. The monoisotopic (exact) mass is 259 g/mol. The lowest BCUT2D eigenvalue weighted by Crippen LogP contribution is -2.00. The Morgan fingerprint density at radius 2 is 1.94 bits per heavy atom. The second-order valence-electron chi connectivity index (χ2n) is 4.13. The van der Waals surface area contributed by atoms with Gasteiger partial charge in [0.25, 0.3) is 0 Å². The number of benzene rings is 1. The summed E-state index contributed by atoms with van der Waals surface area (Å²) in [7, 11) is 0. The number of hydrogen-bond donors (Lipinski definition) is 0. The maximum atomic E-state index is 11.9. The lowest BCUT2D eigenvalue weighted by Gasteiger charge is -2.02. The molecule has 2 aromatic rings. The van der Waals surface area contributed by atoms with E-state index >= 15 is 0 Å². The summed E-state index contributed by atoms with van der Waals surface area (Å²) in [4.78, 5) is 15.8. The molecule has 0 aliphatic heterocycles.